The van der Waals surface area contributed by atoms with Crippen LogP contribution in [0.1, 0.15) is 18.9 Å². The Morgan fingerprint density at radius 2 is 1.90 bits per heavy atom. The topological polar surface area (TPSA) is 63.8 Å². The third-order valence-electron chi connectivity index (χ3n) is 2.69. The van der Waals surface area contributed by atoms with Gasteiger partial charge in [0, 0.05) is 17.3 Å². The third kappa shape index (κ3) is 4.66. The lowest BCUT2D eigenvalue weighted by Gasteiger charge is -2.11. The summed E-state index contributed by atoms with van der Waals surface area (Å²) in [7, 11) is 0. The molecule has 0 radical (unpaired) electrons. The Kier molecular flexibility index (Phi) is 5.96. The highest BCUT2D eigenvalue weighted by atomic mass is 35.5. The van der Waals surface area contributed by atoms with E-state index in [9.17, 15) is 0 Å². The van der Waals surface area contributed by atoms with E-state index in [0.29, 0.717) is 28.2 Å². The van der Waals surface area contributed by atoms with E-state index in [0.717, 1.165) is 17.7 Å². The lowest BCUT2D eigenvalue weighted by molar-refractivity contribution is 0.953. The molecule has 0 spiro atoms. The molecule has 2 aromatic rings. The second-order valence-corrected chi connectivity index (χ2v) is 6.24. The van der Waals surface area contributed by atoms with Gasteiger partial charge < -0.3 is 11.1 Å². The first-order chi connectivity index (χ1) is 10.1. The summed E-state index contributed by atoms with van der Waals surface area (Å²) >= 11 is 13.5. The van der Waals surface area contributed by atoms with Crippen molar-refractivity contribution in [1.29, 1.82) is 0 Å². The smallest absolute Gasteiger partial charge is 0.191 e. The number of aromatic nitrogens is 2. The predicted molar refractivity (Wildman–Crippen MR) is 91.2 cm³/mol. The first-order valence-corrected chi connectivity index (χ1v) is 8.28. The summed E-state index contributed by atoms with van der Waals surface area (Å²) in [5.41, 5.74) is 7.37. The number of rotatable bonds is 6. The van der Waals surface area contributed by atoms with Gasteiger partial charge in [0.25, 0.3) is 0 Å². The van der Waals surface area contributed by atoms with E-state index in [-0.39, 0.29) is 5.15 Å². The minimum Gasteiger partial charge on any atom is -0.393 e. The van der Waals surface area contributed by atoms with Gasteiger partial charge in [-0.3, -0.25) is 0 Å². The van der Waals surface area contributed by atoms with Crippen LogP contribution in [0.5, 0.6) is 0 Å². The highest BCUT2D eigenvalue weighted by Crippen LogP contribution is 2.27. The van der Waals surface area contributed by atoms with Crippen LogP contribution < -0.4 is 11.1 Å². The van der Waals surface area contributed by atoms with Crippen molar-refractivity contribution in [2.24, 2.45) is 0 Å². The van der Waals surface area contributed by atoms with Crippen molar-refractivity contribution < 1.29 is 0 Å². The van der Waals surface area contributed by atoms with Gasteiger partial charge in [-0.25, -0.2) is 9.97 Å². The van der Waals surface area contributed by atoms with Crippen molar-refractivity contribution in [3.05, 3.63) is 40.0 Å². The number of benzene rings is 1. The van der Waals surface area contributed by atoms with Crippen molar-refractivity contribution in [2.45, 2.75) is 25.0 Å². The predicted octanol–water partition coefficient (Wildman–Crippen LogP) is 4.48. The second kappa shape index (κ2) is 7.73. The second-order valence-electron chi connectivity index (χ2n) is 4.39. The molecule has 0 fully saturated rings. The van der Waals surface area contributed by atoms with Gasteiger partial charge in [0.05, 0.1) is 0 Å². The van der Waals surface area contributed by atoms with Crippen LogP contribution in [0.4, 0.5) is 11.5 Å². The number of thioether (sulfide) groups is 1. The Balaban J connectivity index is 2.10. The van der Waals surface area contributed by atoms with E-state index >= 15 is 0 Å². The van der Waals surface area contributed by atoms with Crippen molar-refractivity contribution in [3.8, 4) is 0 Å². The number of anilines is 2. The fourth-order valence-electron chi connectivity index (χ4n) is 1.60. The van der Waals surface area contributed by atoms with Gasteiger partial charge in [0.15, 0.2) is 16.1 Å². The molecule has 0 saturated carbocycles. The molecular formula is C14H16Cl2N4S. The van der Waals surface area contributed by atoms with Crippen LogP contribution in [0.2, 0.25) is 10.2 Å². The highest BCUT2D eigenvalue weighted by molar-refractivity contribution is 7.99. The van der Waals surface area contributed by atoms with Crippen LogP contribution in [0.15, 0.2) is 29.4 Å². The minimum absolute atomic E-state index is 0.280. The molecule has 0 unspecified atom stereocenters. The van der Waals surface area contributed by atoms with Crippen molar-refractivity contribution in [1.82, 2.24) is 9.97 Å². The monoisotopic (exact) mass is 342 g/mol. The van der Waals surface area contributed by atoms with Crippen LogP contribution in [0, 0.1) is 0 Å². The number of nitrogens with zero attached hydrogens (tertiary/aromatic N) is 2. The number of halogens is 2. The molecule has 0 atom stereocenters. The Labute approximate surface area is 138 Å². The zero-order valence-corrected chi connectivity index (χ0v) is 13.9. The quantitative estimate of drug-likeness (QED) is 0.460. The third-order valence-corrected chi connectivity index (χ3v) is 4.28. The molecule has 21 heavy (non-hydrogen) atoms. The van der Waals surface area contributed by atoms with Gasteiger partial charge in [-0.1, -0.05) is 54.0 Å². The molecule has 0 aliphatic carbocycles. The maximum atomic E-state index is 6.05. The average molecular weight is 343 g/mol. The Bertz CT molecular complexity index is 605. The molecule has 4 nitrogen and oxygen atoms in total. The zero-order chi connectivity index (χ0) is 15.2. The van der Waals surface area contributed by atoms with Gasteiger partial charge in [0.1, 0.15) is 5.69 Å². The zero-order valence-electron chi connectivity index (χ0n) is 11.6. The van der Waals surface area contributed by atoms with E-state index in [1.807, 2.05) is 24.3 Å². The SMILES string of the molecule is CCCSc1nc(Cl)c(N)c(NCc2ccc(Cl)cc2)n1. The van der Waals surface area contributed by atoms with Gasteiger partial charge >= 0.3 is 0 Å². The summed E-state index contributed by atoms with van der Waals surface area (Å²) in [6.07, 6.45) is 1.05. The number of hydrogen-bond acceptors (Lipinski definition) is 5. The largest absolute Gasteiger partial charge is 0.393 e. The number of hydrogen-bond donors (Lipinski definition) is 2. The number of nitrogen functional groups attached to an aromatic ring is 1. The Morgan fingerprint density at radius 1 is 1.19 bits per heavy atom. The summed E-state index contributed by atoms with van der Waals surface area (Å²) in [5, 5.41) is 4.81. The summed E-state index contributed by atoms with van der Waals surface area (Å²) in [6, 6.07) is 7.58. The van der Waals surface area contributed by atoms with Crippen LogP contribution in [-0.2, 0) is 6.54 Å². The average Bonchev–Trinajstić information content (AvgIpc) is 2.48. The fraction of sp³-hybridized carbons (Fsp3) is 0.286. The number of nitrogens with two attached hydrogens (primary N) is 1. The molecule has 1 aromatic carbocycles. The van der Waals surface area contributed by atoms with Crippen molar-refractivity contribution >= 4 is 46.5 Å². The molecule has 3 N–H and O–H groups in total. The first kappa shape index (κ1) is 16.2. The molecule has 0 amide bonds. The maximum Gasteiger partial charge on any atom is 0.191 e. The van der Waals surface area contributed by atoms with Crippen LogP contribution >= 0.6 is 35.0 Å². The lowest BCUT2D eigenvalue weighted by Crippen LogP contribution is -2.07. The summed E-state index contributed by atoms with van der Waals surface area (Å²) in [5.74, 6) is 1.50. The molecule has 112 valence electrons. The van der Waals surface area contributed by atoms with E-state index in [4.69, 9.17) is 28.9 Å². The molecule has 1 aromatic heterocycles. The van der Waals surface area contributed by atoms with Gasteiger partial charge in [-0.05, 0) is 24.1 Å². The standard InChI is InChI=1S/C14H16Cl2N4S/c1-2-7-21-14-19-12(16)11(17)13(20-14)18-8-9-3-5-10(15)6-4-9/h3-6H,2,7-8,17H2,1H3,(H,18,19,20). The molecule has 0 bridgehead atoms. The fourth-order valence-corrected chi connectivity index (χ4v) is 2.65. The molecule has 0 aliphatic heterocycles. The van der Waals surface area contributed by atoms with Crippen LogP contribution in [0.3, 0.4) is 0 Å². The molecule has 0 saturated heterocycles. The molecular weight excluding hydrogens is 327 g/mol. The van der Waals surface area contributed by atoms with Crippen molar-refractivity contribution in [3.63, 3.8) is 0 Å². The van der Waals surface area contributed by atoms with E-state index < -0.39 is 0 Å². The lowest BCUT2D eigenvalue weighted by atomic mass is 10.2. The van der Waals surface area contributed by atoms with E-state index in [1.54, 1.807) is 11.8 Å². The highest BCUT2D eigenvalue weighted by Gasteiger charge is 2.10. The van der Waals surface area contributed by atoms with Crippen LogP contribution in [-0.4, -0.2) is 15.7 Å². The van der Waals surface area contributed by atoms with E-state index in [1.165, 1.54) is 0 Å². The van der Waals surface area contributed by atoms with Gasteiger partial charge in [-0.15, -0.1) is 0 Å². The summed E-state index contributed by atoms with van der Waals surface area (Å²) < 4.78 is 0. The van der Waals surface area contributed by atoms with Crippen LogP contribution in [0.25, 0.3) is 0 Å². The number of nitrogens with one attached hydrogen (secondary N) is 1. The van der Waals surface area contributed by atoms with Gasteiger partial charge in [-0.2, -0.15) is 0 Å². The Morgan fingerprint density at radius 3 is 2.57 bits per heavy atom. The molecule has 7 heteroatoms. The summed E-state index contributed by atoms with van der Waals surface area (Å²) in [6.45, 7) is 2.69. The minimum atomic E-state index is 0.280. The van der Waals surface area contributed by atoms with Crippen molar-refractivity contribution in [2.75, 3.05) is 16.8 Å². The van der Waals surface area contributed by atoms with Gasteiger partial charge in [0.2, 0.25) is 0 Å². The Hall–Kier alpha value is -1.17. The molecule has 1 heterocycles. The normalized spacial score (nSPS) is 10.6. The maximum absolute atomic E-state index is 6.05. The molecule has 0 aliphatic rings. The summed E-state index contributed by atoms with van der Waals surface area (Å²) in [4.78, 5) is 8.58. The van der Waals surface area contributed by atoms with E-state index in [2.05, 4.69) is 22.2 Å². The molecule has 2 rings (SSSR count). The first-order valence-electron chi connectivity index (χ1n) is 6.54.